The number of aromatic nitrogens is 1. The molecule has 0 bridgehead atoms. The Balaban J connectivity index is 1.77. The lowest BCUT2D eigenvalue weighted by Crippen LogP contribution is -2.17. The molecule has 1 saturated carbocycles. The summed E-state index contributed by atoms with van der Waals surface area (Å²) in [6, 6.07) is 3.97. The van der Waals surface area contributed by atoms with Crippen LogP contribution in [0.2, 0.25) is 0 Å². The van der Waals surface area contributed by atoms with E-state index in [0.717, 1.165) is 41.4 Å². The molecule has 4 rings (SSSR count). The fraction of sp³-hybridized carbons (Fsp3) is 0.400. The van der Waals surface area contributed by atoms with Gasteiger partial charge in [-0.1, -0.05) is 5.16 Å². The molecule has 5 nitrogen and oxygen atoms in total. The van der Waals surface area contributed by atoms with Gasteiger partial charge in [0.05, 0.1) is 25.0 Å². The molecule has 2 heterocycles. The number of aryl methyl sites for hydroxylation is 1. The number of hydrogen-bond acceptors (Lipinski definition) is 5. The Morgan fingerprint density at radius 1 is 1.10 bits per heavy atom. The number of rotatable bonds is 1. The lowest BCUT2D eigenvalue weighted by atomic mass is 10.0. The minimum atomic E-state index is 0.239. The fourth-order valence-electron chi connectivity index (χ4n) is 2.60. The third-order valence-corrected chi connectivity index (χ3v) is 4.20. The largest absolute Gasteiger partial charge is 0.489 e. The molecular weight excluding hydrogens is 256 g/mol. The number of nitrogens with zero attached hydrogens (tertiary/aromatic N) is 1. The fourth-order valence-corrected chi connectivity index (χ4v) is 2.60. The predicted octanol–water partition coefficient (Wildman–Crippen LogP) is 2.78. The van der Waals surface area contributed by atoms with Crippen LogP contribution in [-0.4, -0.2) is 18.4 Å². The predicted molar refractivity (Wildman–Crippen MR) is 73.7 cm³/mol. The first-order valence-electron chi connectivity index (χ1n) is 6.78. The molecule has 0 unspecified atom stereocenters. The van der Waals surface area contributed by atoms with E-state index in [1.165, 1.54) is 12.8 Å². The zero-order valence-corrected chi connectivity index (χ0v) is 11.3. The molecule has 104 valence electrons. The van der Waals surface area contributed by atoms with Gasteiger partial charge in [-0.3, -0.25) is 0 Å². The van der Waals surface area contributed by atoms with Crippen LogP contribution in [0, 0.1) is 12.3 Å². The molecule has 1 fully saturated rings. The second kappa shape index (κ2) is 3.91. The molecule has 0 amide bonds. The lowest BCUT2D eigenvalue weighted by Gasteiger charge is -2.11. The number of fused-ring (bicyclic) bond motifs is 1. The van der Waals surface area contributed by atoms with Gasteiger partial charge in [-0.25, -0.2) is 0 Å². The van der Waals surface area contributed by atoms with Gasteiger partial charge in [-0.2, -0.15) is 0 Å². The normalized spacial score (nSPS) is 18.9. The Kier molecular flexibility index (Phi) is 2.28. The standard InChI is InChI=1S/C15H16N2O3/c1-9-4-12-13(19-8-15(2-3-15)7-18-12)5-10(9)11-6-17-20-14(11)16/h4-6H,2-3,7-8,16H2,1H3. The van der Waals surface area contributed by atoms with E-state index in [1.807, 2.05) is 19.1 Å². The lowest BCUT2D eigenvalue weighted by molar-refractivity contribution is 0.197. The molecule has 5 heteroatoms. The highest BCUT2D eigenvalue weighted by molar-refractivity contribution is 5.77. The van der Waals surface area contributed by atoms with Crippen LogP contribution >= 0.6 is 0 Å². The van der Waals surface area contributed by atoms with Gasteiger partial charge in [-0.05, 0) is 43.0 Å². The second-order valence-electron chi connectivity index (χ2n) is 5.79. The topological polar surface area (TPSA) is 70.5 Å². The van der Waals surface area contributed by atoms with Gasteiger partial charge in [0, 0.05) is 5.41 Å². The molecule has 1 spiro atoms. The van der Waals surface area contributed by atoms with E-state index in [0.29, 0.717) is 5.88 Å². The van der Waals surface area contributed by atoms with Gasteiger partial charge < -0.3 is 19.7 Å². The maximum atomic E-state index is 5.94. The molecule has 2 aliphatic rings. The summed E-state index contributed by atoms with van der Waals surface area (Å²) in [6.45, 7) is 3.49. The Labute approximate surface area is 116 Å². The van der Waals surface area contributed by atoms with E-state index in [1.54, 1.807) is 6.20 Å². The van der Waals surface area contributed by atoms with Gasteiger partial charge >= 0.3 is 0 Å². The van der Waals surface area contributed by atoms with Crippen LogP contribution < -0.4 is 15.2 Å². The molecule has 1 aliphatic heterocycles. The van der Waals surface area contributed by atoms with Crippen LogP contribution in [0.25, 0.3) is 11.1 Å². The Morgan fingerprint density at radius 3 is 2.40 bits per heavy atom. The summed E-state index contributed by atoms with van der Waals surface area (Å²) in [4.78, 5) is 0. The van der Waals surface area contributed by atoms with Crippen molar-refractivity contribution in [2.75, 3.05) is 18.9 Å². The second-order valence-corrected chi connectivity index (χ2v) is 5.79. The maximum Gasteiger partial charge on any atom is 0.229 e. The number of hydrogen-bond donors (Lipinski definition) is 1. The first-order chi connectivity index (χ1) is 9.67. The summed E-state index contributed by atoms with van der Waals surface area (Å²) >= 11 is 0. The molecule has 1 aliphatic carbocycles. The van der Waals surface area contributed by atoms with Gasteiger partial charge in [0.25, 0.3) is 0 Å². The molecule has 2 N–H and O–H groups in total. The van der Waals surface area contributed by atoms with E-state index in [4.69, 9.17) is 19.7 Å². The summed E-state index contributed by atoms with van der Waals surface area (Å²) < 4.78 is 16.8. The molecular formula is C15H16N2O3. The zero-order valence-electron chi connectivity index (χ0n) is 11.3. The maximum absolute atomic E-state index is 5.94. The molecule has 20 heavy (non-hydrogen) atoms. The molecule has 1 aromatic carbocycles. The monoisotopic (exact) mass is 272 g/mol. The van der Waals surface area contributed by atoms with Gasteiger partial charge in [0.15, 0.2) is 11.5 Å². The van der Waals surface area contributed by atoms with Crippen LogP contribution in [-0.2, 0) is 0 Å². The minimum Gasteiger partial charge on any atom is -0.489 e. The number of benzene rings is 1. The van der Waals surface area contributed by atoms with Crippen molar-refractivity contribution in [3.63, 3.8) is 0 Å². The van der Waals surface area contributed by atoms with Gasteiger partial charge in [0.1, 0.15) is 0 Å². The average Bonchev–Trinajstić information content (AvgIpc) is 3.13. The number of nitrogen functional groups attached to an aromatic ring is 1. The molecule has 2 aromatic rings. The third-order valence-electron chi connectivity index (χ3n) is 4.20. The van der Waals surface area contributed by atoms with E-state index in [-0.39, 0.29) is 5.41 Å². The van der Waals surface area contributed by atoms with Crippen LogP contribution in [0.15, 0.2) is 22.9 Å². The highest BCUT2D eigenvalue weighted by atomic mass is 16.5. The summed E-state index contributed by atoms with van der Waals surface area (Å²) in [7, 11) is 0. The first-order valence-corrected chi connectivity index (χ1v) is 6.78. The molecule has 0 atom stereocenters. The van der Waals surface area contributed by atoms with Crippen molar-refractivity contribution in [1.82, 2.24) is 5.16 Å². The van der Waals surface area contributed by atoms with Crippen molar-refractivity contribution >= 4 is 5.88 Å². The van der Waals surface area contributed by atoms with Crippen LogP contribution in [0.3, 0.4) is 0 Å². The van der Waals surface area contributed by atoms with Crippen LogP contribution in [0.5, 0.6) is 11.5 Å². The van der Waals surface area contributed by atoms with Crippen LogP contribution in [0.4, 0.5) is 5.88 Å². The Hall–Kier alpha value is -2.17. The van der Waals surface area contributed by atoms with Crippen LogP contribution in [0.1, 0.15) is 18.4 Å². The highest BCUT2D eigenvalue weighted by Crippen LogP contribution is 2.49. The summed E-state index contributed by atoms with van der Waals surface area (Å²) in [6.07, 6.45) is 4.00. The van der Waals surface area contributed by atoms with Crippen molar-refractivity contribution < 1.29 is 14.0 Å². The average molecular weight is 272 g/mol. The highest BCUT2D eigenvalue weighted by Gasteiger charge is 2.46. The van der Waals surface area contributed by atoms with Crippen molar-refractivity contribution in [3.8, 4) is 22.6 Å². The van der Waals surface area contributed by atoms with Crippen molar-refractivity contribution in [2.24, 2.45) is 5.41 Å². The van der Waals surface area contributed by atoms with Crippen molar-refractivity contribution in [2.45, 2.75) is 19.8 Å². The molecule has 0 radical (unpaired) electrons. The van der Waals surface area contributed by atoms with E-state index in [2.05, 4.69) is 5.16 Å². The Morgan fingerprint density at radius 2 is 1.80 bits per heavy atom. The third kappa shape index (κ3) is 1.73. The summed E-state index contributed by atoms with van der Waals surface area (Å²) in [5.41, 5.74) is 8.86. The van der Waals surface area contributed by atoms with Gasteiger partial charge in [0.2, 0.25) is 5.88 Å². The number of anilines is 1. The van der Waals surface area contributed by atoms with Gasteiger partial charge in [-0.15, -0.1) is 0 Å². The SMILES string of the molecule is Cc1cc2c(cc1-c1cnoc1N)OCC1(CC1)CO2. The first kappa shape index (κ1) is 11.6. The molecule has 1 aromatic heterocycles. The zero-order chi connectivity index (χ0) is 13.7. The smallest absolute Gasteiger partial charge is 0.229 e. The quantitative estimate of drug-likeness (QED) is 0.864. The van der Waals surface area contributed by atoms with E-state index >= 15 is 0 Å². The van der Waals surface area contributed by atoms with Crippen molar-refractivity contribution in [1.29, 1.82) is 0 Å². The van der Waals surface area contributed by atoms with E-state index < -0.39 is 0 Å². The van der Waals surface area contributed by atoms with E-state index in [9.17, 15) is 0 Å². The molecule has 0 saturated heterocycles. The summed E-state index contributed by atoms with van der Waals surface area (Å²) in [5, 5.41) is 3.73. The van der Waals surface area contributed by atoms with Crippen molar-refractivity contribution in [3.05, 3.63) is 23.9 Å². The Bertz CT molecular complexity index is 674. The summed E-state index contributed by atoms with van der Waals surface area (Å²) in [5.74, 6) is 1.90. The minimum absolute atomic E-state index is 0.239. The number of nitrogens with two attached hydrogens (primary N) is 1. The number of ether oxygens (including phenoxy) is 2.